The fraction of sp³-hybridized carbons (Fsp3) is 0.0909. The van der Waals surface area contributed by atoms with Crippen molar-refractivity contribution >= 4 is 47.8 Å². The van der Waals surface area contributed by atoms with E-state index in [1.807, 2.05) is 61.0 Å². The summed E-state index contributed by atoms with van der Waals surface area (Å²) in [5, 5.41) is 7.81. The molecule has 2 aromatic carbocycles. The van der Waals surface area contributed by atoms with Crippen molar-refractivity contribution in [2.24, 2.45) is 10.2 Å². The first-order valence-electron chi connectivity index (χ1n) is 9.14. The summed E-state index contributed by atoms with van der Waals surface area (Å²) in [6, 6.07) is 18.3. The number of furan rings is 1. The minimum absolute atomic E-state index is 0.0309. The minimum Gasteiger partial charge on any atom is -0.446 e. The van der Waals surface area contributed by atoms with Gasteiger partial charge in [0, 0.05) is 9.79 Å². The first-order chi connectivity index (χ1) is 15.1. The third-order valence-electron chi connectivity index (χ3n) is 4.04. The maximum atomic E-state index is 12.1. The average molecular weight is 453 g/mol. The Kier molecular flexibility index (Phi) is 8.08. The molecule has 2 amide bonds. The molecule has 2 N–H and O–H groups in total. The van der Waals surface area contributed by atoms with Gasteiger partial charge >= 0.3 is 11.8 Å². The van der Waals surface area contributed by atoms with E-state index in [1.54, 1.807) is 23.5 Å². The molecule has 31 heavy (non-hydrogen) atoms. The van der Waals surface area contributed by atoms with Crippen LogP contribution in [0, 0.1) is 0 Å². The van der Waals surface area contributed by atoms with E-state index in [9.17, 15) is 9.59 Å². The van der Waals surface area contributed by atoms with Crippen molar-refractivity contribution in [3.05, 3.63) is 83.3 Å². The topological polar surface area (TPSA) is 96.1 Å². The summed E-state index contributed by atoms with van der Waals surface area (Å²) < 4.78 is 5.30. The molecule has 0 spiro atoms. The highest BCUT2D eigenvalue weighted by atomic mass is 32.2. The zero-order valence-corrected chi connectivity index (χ0v) is 18.5. The van der Waals surface area contributed by atoms with Crippen LogP contribution in [0.5, 0.6) is 0 Å². The summed E-state index contributed by atoms with van der Waals surface area (Å²) in [5.74, 6) is -1.19. The van der Waals surface area contributed by atoms with Crippen LogP contribution in [0.2, 0.25) is 0 Å². The maximum Gasteiger partial charge on any atom is 0.307 e. The van der Waals surface area contributed by atoms with E-state index in [0.29, 0.717) is 0 Å². The molecule has 9 heteroatoms. The second-order valence-electron chi connectivity index (χ2n) is 6.11. The number of nitrogens with one attached hydrogen (secondary N) is 2. The lowest BCUT2D eigenvalue weighted by Gasteiger charge is -1.99. The lowest BCUT2D eigenvalue weighted by molar-refractivity contribution is 0.0902. The molecule has 0 atom stereocenters. The quantitative estimate of drug-likeness (QED) is 0.303. The zero-order chi connectivity index (χ0) is 22.1. The second-order valence-corrected chi connectivity index (χ2v) is 7.87. The molecule has 0 saturated heterocycles. The summed E-state index contributed by atoms with van der Waals surface area (Å²) in [6.45, 7) is 0. The lowest BCUT2D eigenvalue weighted by atomic mass is 10.2. The number of hydrazone groups is 2. The van der Waals surface area contributed by atoms with Gasteiger partial charge in [-0.1, -0.05) is 24.3 Å². The third kappa shape index (κ3) is 6.59. The van der Waals surface area contributed by atoms with Gasteiger partial charge in [0.05, 0.1) is 12.4 Å². The molecular weight excluding hydrogens is 432 g/mol. The number of carbonyl (C=O) groups is 2. The molecular formula is C22H20N4O3S2. The normalized spacial score (nSPS) is 11.2. The molecule has 0 aliphatic carbocycles. The number of hydrogen-bond acceptors (Lipinski definition) is 7. The minimum atomic E-state index is -0.562. The van der Waals surface area contributed by atoms with Crippen molar-refractivity contribution in [2.45, 2.75) is 9.79 Å². The molecule has 1 heterocycles. The molecule has 0 unspecified atom stereocenters. The highest BCUT2D eigenvalue weighted by Gasteiger charge is 2.15. The van der Waals surface area contributed by atoms with Gasteiger partial charge in [0.2, 0.25) is 0 Å². The van der Waals surface area contributed by atoms with Gasteiger partial charge in [-0.05, 0) is 60.0 Å². The molecule has 7 nitrogen and oxygen atoms in total. The number of rotatable bonds is 8. The maximum absolute atomic E-state index is 12.1. The molecule has 0 radical (unpaired) electrons. The van der Waals surface area contributed by atoms with Gasteiger partial charge in [-0.3, -0.25) is 9.59 Å². The summed E-state index contributed by atoms with van der Waals surface area (Å²) in [5.41, 5.74) is 6.43. The summed E-state index contributed by atoms with van der Waals surface area (Å²) in [7, 11) is 0. The van der Waals surface area contributed by atoms with Gasteiger partial charge in [-0.15, -0.1) is 23.5 Å². The molecule has 0 saturated carbocycles. The van der Waals surface area contributed by atoms with Crippen LogP contribution < -0.4 is 10.9 Å². The molecule has 3 rings (SSSR count). The molecule has 0 bridgehead atoms. The van der Waals surface area contributed by atoms with Gasteiger partial charge in [-0.2, -0.15) is 10.2 Å². The van der Waals surface area contributed by atoms with E-state index in [1.165, 1.54) is 24.6 Å². The van der Waals surface area contributed by atoms with E-state index in [2.05, 4.69) is 21.1 Å². The smallest absolute Gasteiger partial charge is 0.307 e. The summed E-state index contributed by atoms with van der Waals surface area (Å²) in [6.07, 6.45) is 7.05. The van der Waals surface area contributed by atoms with Crippen LogP contribution in [-0.2, 0) is 0 Å². The van der Waals surface area contributed by atoms with Gasteiger partial charge in [-0.25, -0.2) is 10.9 Å². The second kappa shape index (κ2) is 11.2. The first-order valence-corrected chi connectivity index (χ1v) is 11.6. The van der Waals surface area contributed by atoms with Crippen LogP contribution in [-0.4, -0.2) is 36.8 Å². The van der Waals surface area contributed by atoms with E-state index in [4.69, 9.17) is 4.42 Å². The third-order valence-corrected chi connectivity index (χ3v) is 5.53. The molecule has 3 aromatic rings. The molecule has 0 aliphatic heterocycles. The predicted molar refractivity (Wildman–Crippen MR) is 125 cm³/mol. The number of hydrogen-bond donors (Lipinski definition) is 2. The highest BCUT2D eigenvalue weighted by molar-refractivity contribution is 7.98. The Hall–Kier alpha value is -3.30. The van der Waals surface area contributed by atoms with Gasteiger partial charge in [0.1, 0.15) is 0 Å². The SMILES string of the molecule is CSc1ccc(C=NNC(=O)c2ccc(C(=O)NN=Cc3ccc(SC)cc3)o2)cc1. The van der Waals surface area contributed by atoms with Crippen LogP contribution in [0.25, 0.3) is 0 Å². The zero-order valence-electron chi connectivity index (χ0n) is 16.9. The summed E-state index contributed by atoms with van der Waals surface area (Å²) in [4.78, 5) is 26.6. The van der Waals surface area contributed by atoms with Crippen molar-refractivity contribution in [3.8, 4) is 0 Å². The largest absolute Gasteiger partial charge is 0.446 e. The summed E-state index contributed by atoms with van der Waals surface area (Å²) >= 11 is 3.29. The van der Waals surface area contributed by atoms with Crippen LogP contribution in [0.15, 0.2) is 85.1 Å². The number of benzene rings is 2. The monoisotopic (exact) mass is 452 g/mol. The molecule has 0 fully saturated rings. The van der Waals surface area contributed by atoms with Crippen LogP contribution in [0.4, 0.5) is 0 Å². The Labute approximate surface area is 188 Å². The van der Waals surface area contributed by atoms with Crippen molar-refractivity contribution in [3.63, 3.8) is 0 Å². The van der Waals surface area contributed by atoms with Crippen LogP contribution in [0.3, 0.4) is 0 Å². The van der Waals surface area contributed by atoms with E-state index in [-0.39, 0.29) is 11.5 Å². The fourth-order valence-corrected chi connectivity index (χ4v) is 3.22. The van der Waals surface area contributed by atoms with E-state index in [0.717, 1.165) is 20.9 Å². The number of thioether (sulfide) groups is 2. The van der Waals surface area contributed by atoms with Crippen molar-refractivity contribution in [1.29, 1.82) is 0 Å². The Bertz CT molecular complexity index is 1000. The van der Waals surface area contributed by atoms with E-state index >= 15 is 0 Å². The van der Waals surface area contributed by atoms with Crippen molar-refractivity contribution < 1.29 is 14.0 Å². The van der Waals surface area contributed by atoms with Gasteiger partial charge < -0.3 is 4.42 Å². The van der Waals surface area contributed by atoms with Gasteiger partial charge in [0.25, 0.3) is 0 Å². The fourth-order valence-electron chi connectivity index (χ4n) is 2.40. The predicted octanol–water partition coefficient (Wildman–Crippen LogP) is 4.25. The lowest BCUT2D eigenvalue weighted by Crippen LogP contribution is -2.18. The van der Waals surface area contributed by atoms with Crippen molar-refractivity contribution in [1.82, 2.24) is 10.9 Å². The van der Waals surface area contributed by atoms with Crippen LogP contribution >= 0.6 is 23.5 Å². The first kappa shape index (κ1) is 22.4. The Morgan fingerprint density at radius 1 is 0.710 bits per heavy atom. The van der Waals surface area contributed by atoms with Gasteiger partial charge in [0.15, 0.2) is 11.5 Å². The standard InChI is InChI=1S/C22H20N4O3S2/c1-30-17-7-3-15(4-8-17)13-23-25-21(27)19-11-12-20(29-19)22(28)26-24-14-16-5-9-18(31-2)10-6-16/h3-14H,1-2H3,(H,25,27)(H,26,28). The van der Waals surface area contributed by atoms with Crippen molar-refractivity contribution in [2.75, 3.05) is 12.5 Å². The number of amides is 2. The number of nitrogens with zero attached hydrogens (tertiary/aromatic N) is 2. The molecule has 1 aromatic heterocycles. The average Bonchev–Trinajstić information content (AvgIpc) is 3.30. The van der Waals surface area contributed by atoms with Crippen LogP contribution in [0.1, 0.15) is 32.2 Å². The van der Waals surface area contributed by atoms with E-state index < -0.39 is 11.8 Å². The Morgan fingerprint density at radius 3 is 1.45 bits per heavy atom. The molecule has 158 valence electrons. The highest BCUT2D eigenvalue weighted by Crippen LogP contribution is 2.15. The Balaban J connectivity index is 1.51. The Morgan fingerprint density at radius 2 is 1.10 bits per heavy atom. The molecule has 0 aliphatic rings. The number of carbonyl (C=O) groups excluding carboxylic acids is 2.